The number of carbonyl (C=O) groups excluding carboxylic acids is 1. The molecule has 0 aliphatic rings. The first-order valence-corrected chi connectivity index (χ1v) is 12.7. The van der Waals surface area contributed by atoms with Crippen LogP contribution in [0, 0.1) is 13.8 Å². The molecule has 0 aliphatic carbocycles. The van der Waals surface area contributed by atoms with Crippen LogP contribution in [0.4, 0.5) is 0 Å². The molecule has 0 bridgehead atoms. The Labute approximate surface area is 202 Å². The maximum absolute atomic E-state index is 11.9. The van der Waals surface area contributed by atoms with Crippen LogP contribution < -0.4 is 4.74 Å². The average Bonchev–Trinajstić information content (AvgIpc) is 3.03. The third-order valence-corrected chi connectivity index (χ3v) is 8.50. The van der Waals surface area contributed by atoms with E-state index in [1.807, 2.05) is 11.3 Å². The summed E-state index contributed by atoms with van der Waals surface area (Å²) in [4.78, 5) is 13.3. The molecule has 32 heavy (non-hydrogen) atoms. The van der Waals surface area contributed by atoms with E-state index < -0.39 is 0 Å². The summed E-state index contributed by atoms with van der Waals surface area (Å²) in [5, 5.41) is 3.76. The summed E-state index contributed by atoms with van der Waals surface area (Å²) in [6.45, 7) is 14.5. The van der Waals surface area contributed by atoms with Crippen molar-refractivity contribution < 1.29 is 9.53 Å². The number of hydrogen-bond acceptors (Lipinski definition) is 3. The Balaban J connectivity index is 2.19. The second kappa shape index (κ2) is 8.64. The van der Waals surface area contributed by atoms with Gasteiger partial charge in [-0.1, -0.05) is 52.0 Å². The van der Waals surface area contributed by atoms with E-state index in [0.717, 1.165) is 21.3 Å². The van der Waals surface area contributed by atoms with Crippen molar-refractivity contribution in [3.63, 3.8) is 0 Å². The van der Waals surface area contributed by atoms with Gasteiger partial charge in [-0.05, 0) is 92.3 Å². The Morgan fingerprint density at radius 1 is 0.969 bits per heavy atom. The summed E-state index contributed by atoms with van der Waals surface area (Å²) in [6, 6.07) is 13.1. The van der Waals surface area contributed by atoms with Crippen molar-refractivity contribution in [3.05, 3.63) is 62.4 Å². The zero-order valence-corrected chi connectivity index (χ0v) is 22.1. The molecule has 0 aliphatic heterocycles. The van der Waals surface area contributed by atoms with Crippen LogP contribution in [0.15, 0.2) is 40.9 Å². The SMILES string of the molecule is CC(=O)Oc1c(C(C)C)cc(-c2c3ccccc3c(Br)c3sc(C)c(C)c23)cc1C(C)C. The van der Waals surface area contributed by atoms with E-state index in [2.05, 4.69) is 93.9 Å². The molecule has 3 aromatic carbocycles. The minimum absolute atomic E-state index is 0.226. The lowest BCUT2D eigenvalue weighted by Gasteiger charge is -2.22. The van der Waals surface area contributed by atoms with Crippen molar-refractivity contribution in [2.24, 2.45) is 0 Å². The van der Waals surface area contributed by atoms with E-state index in [9.17, 15) is 4.79 Å². The number of fused-ring (bicyclic) bond motifs is 2. The molecule has 0 fully saturated rings. The summed E-state index contributed by atoms with van der Waals surface area (Å²) in [6.07, 6.45) is 0. The first-order valence-electron chi connectivity index (χ1n) is 11.1. The van der Waals surface area contributed by atoms with Gasteiger partial charge in [-0.2, -0.15) is 0 Å². The summed E-state index contributed by atoms with van der Waals surface area (Å²) in [5.74, 6) is 0.901. The Morgan fingerprint density at radius 3 is 2.06 bits per heavy atom. The highest BCUT2D eigenvalue weighted by Gasteiger charge is 2.23. The van der Waals surface area contributed by atoms with E-state index in [1.165, 1.54) is 49.3 Å². The van der Waals surface area contributed by atoms with Crippen LogP contribution in [-0.2, 0) is 4.79 Å². The smallest absolute Gasteiger partial charge is 0.308 e. The van der Waals surface area contributed by atoms with Gasteiger partial charge in [0.2, 0.25) is 0 Å². The molecule has 2 nitrogen and oxygen atoms in total. The van der Waals surface area contributed by atoms with Gasteiger partial charge >= 0.3 is 5.97 Å². The van der Waals surface area contributed by atoms with Gasteiger partial charge in [0.25, 0.3) is 0 Å². The van der Waals surface area contributed by atoms with Gasteiger partial charge in [-0.3, -0.25) is 4.79 Å². The lowest BCUT2D eigenvalue weighted by molar-refractivity contribution is -0.132. The number of thiophene rings is 1. The summed E-state index contributed by atoms with van der Waals surface area (Å²) >= 11 is 5.75. The molecule has 1 heterocycles. The fourth-order valence-corrected chi connectivity index (χ4v) is 6.37. The number of halogens is 1. The van der Waals surface area contributed by atoms with Crippen LogP contribution in [0.25, 0.3) is 32.0 Å². The fraction of sp³-hybridized carbons (Fsp3) is 0.321. The highest BCUT2D eigenvalue weighted by Crippen LogP contribution is 2.49. The molecule has 0 N–H and O–H groups in total. The van der Waals surface area contributed by atoms with Crippen LogP contribution in [0.3, 0.4) is 0 Å². The molecular weight excluding hydrogens is 480 g/mol. The van der Waals surface area contributed by atoms with Gasteiger partial charge < -0.3 is 4.74 Å². The number of rotatable bonds is 4. The second-order valence-electron chi connectivity index (χ2n) is 9.11. The van der Waals surface area contributed by atoms with Crippen molar-refractivity contribution in [1.82, 2.24) is 0 Å². The van der Waals surface area contributed by atoms with Crippen LogP contribution >= 0.6 is 27.3 Å². The molecule has 0 saturated heterocycles. The molecule has 0 atom stereocenters. The standard InChI is InChI=1S/C28H29BrO2S/c1-14(2)22-12-19(13-23(15(3)4)27(22)31-18(7)30)25-20-10-8-9-11-21(20)26(29)28-24(25)16(5)17(6)32-28/h8-15H,1-7H3. The predicted molar refractivity (Wildman–Crippen MR) is 141 cm³/mol. The molecule has 0 unspecified atom stereocenters. The molecule has 4 heteroatoms. The highest BCUT2D eigenvalue weighted by molar-refractivity contribution is 9.11. The maximum Gasteiger partial charge on any atom is 0.308 e. The molecular formula is C28H29BrO2S. The van der Waals surface area contributed by atoms with E-state index >= 15 is 0 Å². The third-order valence-electron chi connectivity index (χ3n) is 6.19. The number of esters is 1. The maximum atomic E-state index is 11.9. The Morgan fingerprint density at radius 2 is 1.53 bits per heavy atom. The average molecular weight is 510 g/mol. The zero-order valence-electron chi connectivity index (χ0n) is 19.7. The van der Waals surface area contributed by atoms with E-state index in [4.69, 9.17) is 4.74 Å². The highest BCUT2D eigenvalue weighted by atomic mass is 79.9. The minimum atomic E-state index is -0.276. The van der Waals surface area contributed by atoms with Crippen molar-refractivity contribution in [2.75, 3.05) is 0 Å². The number of ether oxygens (including phenoxy) is 1. The molecule has 0 radical (unpaired) electrons. The van der Waals surface area contributed by atoms with Crippen molar-refractivity contribution >= 4 is 54.1 Å². The number of carbonyl (C=O) groups is 1. The normalized spacial score (nSPS) is 11.8. The number of benzene rings is 3. The van der Waals surface area contributed by atoms with E-state index in [0.29, 0.717) is 0 Å². The molecule has 166 valence electrons. The topological polar surface area (TPSA) is 26.3 Å². The van der Waals surface area contributed by atoms with Gasteiger partial charge in [-0.25, -0.2) is 0 Å². The lowest BCUT2D eigenvalue weighted by atomic mass is 9.86. The van der Waals surface area contributed by atoms with Gasteiger partial charge in [0.1, 0.15) is 5.75 Å². The monoisotopic (exact) mass is 508 g/mol. The van der Waals surface area contributed by atoms with Gasteiger partial charge in [-0.15, -0.1) is 11.3 Å². The molecule has 1 aromatic heterocycles. The van der Waals surface area contributed by atoms with Crippen molar-refractivity contribution in [1.29, 1.82) is 0 Å². The van der Waals surface area contributed by atoms with Gasteiger partial charge in [0.05, 0.1) is 4.70 Å². The van der Waals surface area contributed by atoms with Crippen LogP contribution in [-0.4, -0.2) is 5.97 Å². The second-order valence-corrected chi connectivity index (χ2v) is 11.1. The molecule has 0 spiro atoms. The largest absolute Gasteiger partial charge is 0.426 e. The Bertz CT molecular complexity index is 1330. The third kappa shape index (κ3) is 3.78. The Hall–Kier alpha value is -2.17. The molecule has 0 saturated carbocycles. The Kier molecular flexibility index (Phi) is 6.21. The number of aryl methyl sites for hydroxylation is 2. The first-order chi connectivity index (χ1) is 15.1. The van der Waals surface area contributed by atoms with Gasteiger partial charge in [0.15, 0.2) is 0 Å². The zero-order chi connectivity index (χ0) is 23.3. The summed E-state index contributed by atoms with van der Waals surface area (Å²) in [7, 11) is 0. The van der Waals surface area contributed by atoms with Gasteiger partial charge in [0, 0.05) is 21.7 Å². The van der Waals surface area contributed by atoms with E-state index in [1.54, 1.807) is 0 Å². The number of hydrogen-bond donors (Lipinski definition) is 0. The summed E-state index contributed by atoms with van der Waals surface area (Å²) < 4.78 is 8.22. The quantitative estimate of drug-likeness (QED) is 0.202. The first kappa shape index (κ1) is 23.0. The van der Waals surface area contributed by atoms with Crippen molar-refractivity contribution in [3.8, 4) is 16.9 Å². The predicted octanol–water partition coefficient (Wildman–Crippen LogP) is 9.27. The van der Waals surface area contributed by atoms with E-state index in [-0.39, 0.29) is 17.8 Å². The molecule has 0 amide bonds. The van der Waals surface area contributed by atoms with Crippen molar-refractivity contribution in [2.45, 2.75) is 60.3 Å². The van der Waals surface area contributed by atoms with Crippen LogP contribution in [0.2, 0.25) is 0 Å². The van der Waals surface area contributed by atoms with Crippen LogP contribution in [0.1, 0.15) is 68.0 Å². The molecule has 4 aromatic rings. The minimum Gasteiger partial charge on any atom is -0.426 e. The molecule has 4 rings (SSSR count). The summed E-state index contributed by atoms with van der Waals surface area (Å²) in [5.41, 5.74) is 5.92. The fourth-order valence-electron chi connectivity index (χ4n) is 4.47. The lowest BCUT2D eigenvalue weighted by Crippen LogP contribution is -2.09. The van der Waals surface area contributed by atoms with Crippen LogP contribution in [0.5, 0.6) is 5.75 Å².